The first-order chi connectivity index (χ1) is 10.7. The van der Waals surface area contributed by atoms with E-state index in [1.165, 1.54) is 6.20 Å². The number of hydrogen-bond acceptors (Lipinski definition) is 4. The Balaban J connectivity index is 1.81. The van der Waals surface area contributed by atoms with Crippen molar-refractivity contribution in [2.45, 2.75) is 0 Å². The molecule has 1 amide bonds. The van der Waals surface area contributed by atoms with E-state index >= 15 is 0 Å². The predicted octanol–water partition coefficient (Wildman–Crippen LogP) is 2.82. The molecule has 0 saturated carbocycles. The predicted molar refractivity (Wildman–Crippen MR) is 86.7 cm³/mol. The molecule has 0 atom stereocenters. The lowest BCUT2D eigenvalue weighted by Crippen LogP contribution is -2.36. The molecule has 114 valence electrons. The van der Waals surface area contributed by atoms with Gasteiger partial charge < -0.3 is 15.0 Å². The highest BCUT2D eigenvalue weighted by molar-refractivity contribution is 6.31. The maximum atomic E-state index is 12.3. The summed E-state index contributed by atoms with van der Waals surface area (Å²) in [7, 11) is 0. The second-order valence-corrected chi connectivity index (χ2v) is 5.37. The molecule has 2 heterocycles. The van der Waals surface area contributed by atoms with E-state index in [-0.39, 0.29) is 5.91 Å². The molecule has 22 heavy (non-hydrogen) atoms. The zero-order valence-corrected chi connectivity index (χ0v) is 12.7. The number of amides is 1. The van der Waals surface area contributed by atoms with Crippen molar-refractivity contribution < 1.29 is 9.53 Å². The Morgan fingerprint density at radius 1 is 1.23 bits per heavy atom. The molecule has 0 bridgehead atoms. The minimum atomic E-state index is -0.275. The molecule has 6 heteroatoms. The van der Waals surface area contributed by atoms with Crippen LogP contribution in [0.5, 0.6) is 0 Å². The van der Waals surface area contributed by atoms with E-state index in [1.807, 2.05) is 24.3 Å². The summed E-state index contributed by atoms with van der Waals surface area (Å²) < 4.78 is 5.37. The lowest BCUT2D eigenvalue weighted by molar-refractivity contribution is 0.102. The number of pyridine rings is 1. The summed E-state index contributed by atoms with van der Waals surface area (Å²) in [5.74, 6) is -0.275. The van der Waals surface area contributed by atoms with E-state index in [2.05, 4.69) is 15.2 Å². The van der Waals surface area contributed by atoms with Crippen molar-refractivity contribution >= 4 is 28.9 Å². The summed E-state index contributed by atoms with van der Waals surface area (Å²) in [6.45, 7) is 3.00. The van der Waals surface area contributed by atoms with Crippen molar-refractivity contribution in [3.05, 3.63) is 53.3 Å². The lowest BCUT2D eigenvalue weighted by Gasteiger charge is -2.30. The summed E-state index contributed by atoms with van der Waals surface area (Å²) in [5.41, 5.74) is 2.04. The Labute approximate surface area is 133 Å². The highest BCUT2D eigenvalue weighted by Gasteiger charge is 2.16. The number of rotatable bonds is 3. The number of morpholine rings is 1. The van der Waals surface area contributed by atoms with Gasteiger partial charge in [-0.15, -0.1) is 0 Å². The number of carbonyl (C=O) groups excluding carboxylic acids is 1. The molecule has 0 radical (unpaired) electrons. The zero-order valence-electron chi connectivity index (χ0n) is 12.0. The Bertz CT molecular complexity index is 672. The van der Waals surface area contributed by atoms with Gasteiger partial charge in [0, 0.05) is 24.3 Å². The van der Waals surface area contributed by atoms with Crippen LogP contribution in [-0.4, -0.2) is 37.2 Å². The number of hydrogen-bond donors (Lipinski definition) is 1. The van der Waals surface area contributed by atoms with Gasteiger partial charge in [-0.25, -0.2) is 0 Å². The summed E-state index contributed by atoms with van der Waals surface area (Å²) in [6.07, 6.45) is 1.52. The largest absolute Gasteiger partial charge is 0.378 e. The van der Waals surface area contributed by atoms with Crippen molar-refractivity contribution in [1.82, 2.24) is 4.98 Å². The van der Waals surface area contributed by atoms with Crippen LogP contribution in [0.1, 0.15) is 10.5 Å². The number of aromatic nitrogens is 1. The first-order valence-corrected chi connectivity index (χ1v) is 7.46. The number of nitrogens with one attached hydrogen (secondary N) is 1. The number of benzene rings is 1. The number of ether oxygens (including phenoxy) is 1. The summed E-state index contributed by atoms with van der Waals surface area (Å²) >= 11 is 5.90. The Kier molecular flexibility index (Phi) is 4.56. The minimum Gasteiger partial charge on any atom is -0.378 e. The van der Waals surface area contributed by atoms with Gasteiger partial charge >= 0.3 is 0 Å². The van der Waals surface area contributed by atoms with E-state index in [4.69, 9.17) is 16.3 Å². The zero-order chi connectivity index (χ0) is 15.4. The van der Waals surface area contributed by atoms with Crippen molar-refractivity contribution in [2.75, 3.05) is 36.5 Å². The average molecular weight is 318 g/mol. The van der Waals surface area contributed by atoms with Gasteiger partial charge in [-0.05, 0) is 24.3 Å². The van der Waals surface area contributed by atoms with Crippen LogP contribution in [0.25, 0.3) is 0 Å². The average Bonchev–Trinajstić information content (AvgIpc) is 2.56. The summed E-state index contributed by atoms with van der Waals surface area (Å²) in [4.78, 5) is 18.6. The highest BCUT2D eigenvalue weighted by atomic mass is 35.5. The van der Waals surface area contributed by atoms with Gasteiger partial charge in [0.25, 0.3) is 5.91 Å². The van der Waals surface area contributed by atoms with Crippen LogP contribution >= 0.6 is 11.6 Å². The van der Waals surface area contributed by atoms with Crippen LogP contribution < -0.4 is 10.2 Å². The third kappa shape index (κ3) is 3.37. The number of carbonyl (C=O) groups is 1. The maximum Gasteiger partial charge on any atom is 0.274 e. The fourth-order valence-corrected chi connectivity index (χ4v) is 2.53. The van der Waals surface area contributed by atoms with Gasteiger partial charge in [0.2, 0.25) is 0 Å². The fraction of sp³-hybridized carbons (Fsp3) is 0.250. The van der Waals surface area contributed by atoms with Gasteiger partial charge in [-0.1, -0.05) is 23.7 Å². The molecule has 0 spiro atoms. The van der Waals surface area contributed by atoms with E-state index in [9.17, 15) is 4.79 Å². The molecular weight excluding hydrogens is 302 g/mol. The Hall–Kier alpha value is -2.11. The number of nitrogens with zero attached hydrogens (tertiary/aromatic N) is 2. The standard InChI is InChI=1S/C16H16ClN3O2/c17-12-5-6-18-14(11-12)16(21)19-13-3-1-2-4-15(13)20-7-9-22-10-8-20/h1-6,11H,7-10H2,(H,19,21). The third-order valence-electron chi connectivity index (χ3n) is 3.46. The molecule has 1 aliphatic heterocycles. The first kappa shape index (κ1) is 14.8. The van der Waals surface area contributed by atoms with Crippen molar-refractivity contribution in [3.8, 4) is 0 Å². The molecule has 1 saturated heterocycles. The van der Waals surface area contributed by atoms with Crippen LogP contribution in [0, 0.1) is 0 Å². The maximum absolute atomic E-state index is 12.3. The SMILES string of the molecule is O=C(Nc1ccccc1N1CCOCC1)c1cc(Cl)ccn1. The summed E-state index contributed by atoms with van der Waals surface area (Å²) in [6, 6.07) is 10.9. The molecule has 1 aliphatic rings. The van der Waals surface area contributed by atoms with Gasteiger partial charge in [0.1, 0.15) is 5.69 Å². The van der Waals surface area contributed by atoms with E-state index in [0.29, 0.717) is 23.9 Å². The molecule has 0 unspecified atom stereocenters. The topological polar surface area (TPSA) is 54.5 Å². The molecule has 2 aromatic rings. The number of halogens is 1. The molecule has 0 aliphatic carbocycles. The van der Waals surface area contributed by atoms with Crippen LogP contribution in [0.4, 0.5) is 11.4 Å². The second kappa shape index (κ2) is 6.77. The lowest BCUT2D eigenvalue weighted by atomic mass is 10.2. The minimum absolute atomic E-state index is 0.275. The van der Waals surface area contributed by atoms with Crippen LogP contribution in [0.3, 0.4) is 0 Å². The number of para-hydroxylation sites is 2. The fourth-order valence-electron chi connectivity index (χ4n) is 2.37. The van der Waals surface area contributed by atoms with E-state index in [0.717, 1.165) is 24.5 Å². The number of anilines is 2. The molecule has 1 aromatic carbocycles. The van der Waals surface area contributed by atoms with Gasteiger partial charge in [0.15, 0.2) is 0 Å². The second-order valence-electron chi connectivity index (χ2n) is 4.93. The van der Waals surface area contributed by atoms with Crippen molar-refractivity contribution in [2.24, 2.45) is 0 Å². The molecule has 1 fully saturated rings. The van der Waals surface area contributed by atoms with E-state index < -0.39 is 0 Å². The molecule has 1 aromatic heterocycles. The Morgan fingerprint density at radius 2 is 2.00 bits per heavy atom. The summed E-state index contributed by atoms with van der Waals surface area (Å²) in [5, 5.41) is 3.40. The van der Waals surface area contributed by atoms with Crippen LogP contribution in [-0.2, 0) is 4.74 Å². The van der Waals surface area contributed by atoms with Crippen molar-refractivity contribution in [3.63, 3.8) is 0 Å². The quantitative estimate of drug-likeness (QED) is 0.946. The molecule has 3 rings (SSSR count). The highest BCUT2D eigenvalue weighted by Crippen LogP contribution is 2.26. The molecule has 1 N–H and O–H groups in total. The van der Waals surface area contributed by atoms with Gasteiger partial charge in [0.05, 0.1) is 24.6 Å². The van der Waals surface area contributed by atoms with Gasteiger partial charge in [-0.3, -0.25) is 9.78 Å². The Morgan fingerprint density at radius 3 is 2.77 bits per heavy atom. The van der Waals surface area contributed by atoms with Crippen LogP contribution in [0.15, 0.2) is 42.6 Å². The molecular formula is C16H16ClN3O2. The van der Waals surface area contributed by atoms with Crippen molar-refractivity contribution in [1.29, 1.82) is 0 Å². The smallest absolute Gasteiger partial charge is 0.274 e. The first-order valence-electron chi connectivity index (χ1n) is 7.09. The van der Waals surface area contributed by atoms with Crippen LogP contribution in [0.2, 0.25) is 5.02 Å². The normalized spacial score (nSPS) is 14.7. The molecule has 5 nitrogen and oxygen atoms in total. The van der Waals surface area contributed by atoms with Gasteiger partial charge in [-0.2, -0.15) is 0 Å². The monoisotopic (exact) mass is 317 g/mol. The van der Waals surface area contributed by atoms with E-state index in [1.54, 1.807) is 12.1 Å². The third-order valence-corrected chi connectivity index (χ3v) is 3.69.